The smallest absolute Gasteiger partial charge is 0.334 e. The molecule has 0 saturated heterocycles. The topological polar surface area (TPSA) is 52.9 Å². The Morgan fingerprint density at radius 3 is 2.45 bits per heavy atom. The van der Waals surface area contributed by atoms with Crippen molar-refractivity contribution < 1.29 is 22.4 Å². The lowest BCUT2D eigenvalue weighted by Crippen LogP contribution is -2.52. The summed E-state index contributed by atoms with van der Waals surface area (Å²) in [5, 5.41) is 11.4. The van der Waals surface area contributed by atoms with Crippen LogP contribution in [0.5, 0.6) is 0 Å². The van der Waals surface area contributed by atoms with Gasteiger partial charge in [0.15, 0.2) is 0 Å². The molecule has 0 aromatic heterocycles. The fraction of sp³-hybridized carbons (Fsp3) is 0.385. The zero-order chi connectivity index (χ0) is 15.0. The van der Waals surface area contributed by atoms with Crippen LogP contribution in [-0.4, -0.2) is 11.4 Å². The quantitative estimate of drug-likeness (QED) is 0.850. The van der Waals surface area contributed by atoms with E-state index in [-0.39, 0.29) is 5.56 Å². The zero-order valence-corrected chi connectivity index (χ0v) is 10.2. The Balaban J connectivity index is 2.25. The van der Waals surface area contributed by atoms with Crippen molar-refractivity contribution in [1.82, 2.24) is 5.32 Å². The molecule has 1 aromatic carbocycles. The van der Waals surface area contributed by atoms with E-state index in [9.17, 15) is 22.4 Å². The SMILES string of the molecule is N#CC1(NC(=O)c2ccc(F)c(C(F)(F)F)c2)CCC1. The molecular weight excluding hydrogens is 276 g/mol. The zero-order valence-electron chi connectivity index (χ0n) is 10.2. The van der Waals surface area contributed by atoms with Crippen molar-refractivity contribution in [3.63, 3.8) is 0 Å². The number of amides is 1. The minimum atomic E-state index is -4.87. The Morgan fingerprint density at radius 1 is 1.35 bits per heavy atom. The molecule has 0 unspecified atom stereocenters. The van der Waals surface area contributed by atoms with Gasteiger partial charge in [0.05, 0.1) is 11.6 Å². The summed E-state index contributed by atoms with van der Waals surface area (Å²) in [4.78, 5) is 11.9. The van der Waals surface area contributed by atoms with Crippen molar-refractivity contribution in [1.29, 1.82) is 5.26 Å². The molecule has 1 saturated carbocycles. The van der Waals surface area contributed by atoms with Crippen LogP contribution in [0.25, 0.3) is 0 Å². The number of carbonyl (C=O) groups is 1. The van der Waals surface area contributed by atoms with Gasteiger partial charge in [-0.15, -0.1) is 0 Å². The molecule has 0 bridgehead atoms. The molecule has 1 fully saturated rings. The number of hydrogen-bond acceptors (Lipinski definition) is 2. The average Bonchev–Trinajstić information content (AvgIpc) is 2.32. The first-order valence-corrected chi connectivity index (χ1v) is 5.88. The van der Waals surface area contributed by atoms with E-state index in [1.807, 2.05) is 6.07 Å². The van der Waals surface area contributed by atoms with E-state index in [1.165, 1.54) is 0 Å². The van der Waals surface area contributed by atoms with Gasteiger partial charge in [-0.3, -0.25) is 4.79 Å². The summed E-state index contributed by atoms with van der Waals surface area (Å²) in [6.07, 6.45) is -3.18. The van der Waals surface area contributed by atoms with Crippen molar-refractivity contribution in [2.75, 3.05) is 0 Å². The number of hydrogen-bond donors (Lipinski definition) is 1. The van der Waals surface area contributed by atoms with Crippen LogP contribution >= 0.6 is 0 Å². The third-order valence-electron chi connectivity index (χ3n) is 3.31. The van der Waals surface area contributed by atoms with Crippen molar-refractivity contribution in [2.45, 2.75) is 31.0 Å². The maximum Gasteiger partial charge on any atom is 0.419 e. The highest BCUT2D eigenvalue weighted by atomic mass is 19.4. The van der Waals surface area contributed by atoms with Gasteiger partial charge in [-0.2, -0.15) is 18.4 Å². The maximum absolute atomic E-state index is 13.1. The van der Waals surface area contributed by atoms with Crippen molar-refractivity contribution in [2.24, 2.45) is 0 Å². The van der Waals surface area contributed by atoms with E-state index in [1.54, 1.807) is 0 Å². The number of carbonyl (C=O) groups excluding carboxylic acids is 1. The summed E-state index contributed by atoms with van der Waals surface area (Å²) in [5.74, 6) is -2.25. The fourth-order valence-corrected chi connectivity index (χ4v) is 1.97. The molecule has 1 aliphatic carbocycles. The number of alkyl halides is 3. The molecule has 0 aliphatic heterocycles. The highest BCUT2D eigenvalue weighted by Crippen LogP contribution is 2.33. The molecule has 0 radical (unpaired) electrons. The van der Waals surface area contributed by atoms with Gasteiger partial charge >= 0.3 is 6.18 Å². The summed E-state index contributed by atoms with van der Waals surface area (Å²) in [6, 6.07) is 3.95. The molecule has 1 aliphatic rings. The third-order valence-corrected chi connectivity index (χ3v) is 3.31. The van der Waals surface area contributed by atoms with E-state index >= 15 is 0 Å². The first kappa shape index (κ1) is 14.3. The van der Waals surface area contributed by atoms with Gasteiger partial charge in [-0.25, -0.2) is 4.39 Å². The minimum Gasteiger partial charge on any atom is -0.334 e. The van der Waals surface area contributed by atoms with E-state index in [0.29, 0.717) is 25.0 Å². The van der Waals surface area contributed by atoms with Crippen LogP contribution < -0.4 is 5.32 Å². The molecule has 1 amide bonds. The van der Waals surface area contributed by atoms with Gasteiger partial charge in [0.2, 0.25) is 0 Å². The molecular formula is C13H10F4N2O. The molecule has 20 heavy (non-hydrogen) atoms. The molecule has 106 valence electrons. The summed E-state index contributed by atoms with van der Waals surface area (Å²) < 4.78 is 50.8. The molecule has 3 nitrogen and oxygen atoms in total. The second-order valence-electron chi connectivity index (χ2n) is 4.69. The Morgan fingerprint density at radius 2 is 2.00 bits per heavy atom. The largest absolute Gasteiger partial charge is 0.419 e. The van der Waals surface area contributed by atoms with Crippen LogP contribution in [0.15, 0.2) is 18.2 Å². The molecule has 1 N–H and O–H groups in total. The normalized spacial score (nSPS) is 16.9. The lowest BCUT2D eigenvalue weighted by Gasteiger charge is -2.35. The van der Waals surface area contributed by atoms with Gasteiger partial charge in [-0.05, 0) is 37.5 Å². The van der Waals surface area contributed by atoms with E-state index in [0.717, 1.165) is 12.5 Å². The summed E-state index contributed by atoms with van der Waals surface area (Å²) in [6.45, 7) is 0. The van der Waals surface area contributed by atoms with E-state index in [2.05, 4.69) is 5.32 Å². The first-order chi connectivity index (χ1) is 9.27. The van der Waals surface area contributed by atoms with Crippen LogP contribution in [0.3, 0.4) is 0 Å². The number of nitrogens with one attached hydrogen (secondary N) is 1. The highest BCUT2D eigenvalue weighted by molar-refractivity contribution is 5.95. The van der Waals surface area contributed by atoms with Gasteiger partial charge < -0.3 is 5.32 Å². The Hall–Kier alpha value is -2.10. The molecule has 7 heteroatoms. The fourth-order valence-electron chi connectivity index (χ4n) is 1.97. The molecule has 0 heterocycles. The maximum atomic E-state index is 13.1. The van der Waals surface area contributed by atoms with Crippen molar-refractivity contribution in [3.8, 4) is 6.07 Å². The number of nitriles is 1. The second-order valence-corrected chi connectivity index (χ2v) is 4.69. The van der Waals surface area contributed by atoms with Gasteiger partial charge in [-0.1, -0.05) is 0 Å². The summed E-state index contributed by atoms with van der Waals surface area (Å²) >= 11 is 0. The Bertz CT molecular complexity index is 585. The van der Waals surface area contributed by atoms with Gasteiger partial charge in [0.25, 0.3) is 5.91 Å². The van der Waals surface area contributed by atoms with Crippen LogP contribution in [0, 0.1) is 17.1 Å². The number of rotatable bonds is 2. The van der Waals surface area contributed by atoms with E-state index < -0.39 is 29.0 Å². The van der Waals surface area contributed by atoms with Gasteiger partial charge in [0, 0.05) is 5.56 Å². The van der Waals surface area contributed by atoms with Crippen molar-refractivity contribution in [3.05, 3.63) is 35.1 Å². The van der Waals surface area contributed by atoms with Crippen LogP contribution in [0.4, 0.5) is 17.6 Å². The second kappa shape index (κ2) is 4.78. The lowest BCUT2D eigenvalue weighted by molar-refractivity contribution is -0.140. The van der Waals surface area contributed by atoms with Crippen molar-refractivity contribution >= 4 is 5.91 Å². The summed E-state index contributed by atoms with van der Waals surface area (Å²) in [7, 11) is 0. The predicted molar refractivity (Wildman–Crippen MR) is 61.1 cm³/mol. The van der Waals surface area contributed by atoms with Crippen LogP contribution in [-0.2, 0) is 6.18 Å². The Labute approximate surface area is 112 Å². The van der Waals surface area contributed by atoms with Crippen LogP contribution in [0.1, 0.15) is 35.2 Å². The monoisotopic (exact) mass is 286 g/mol. The molecule has 0 atom stereocenters. The predicted octanol–water partition coefficient (Wildman–Crippen LogP) is 3.02. The molecule has 0 spiro atoms. The third kappa shape index (κ3) is 2.59. The molecule has 2 rings (SSSR count). The average molecular weight is 286 g/mol. The van der Waals surface area contributed by atoms with Crippen LogP contribution in [0.2, 0.25) is 0 Å². The lowest BCUT2D eigenvalue weighted by atomic mass is 9.78. The summed E-state index contributed by atoms with van der Waals surface area (Å²) in [5.41, 5.74) is -2.82. The standard InChI is InChI=1S/C13H10F4N2O/c14-10-3-2-8(6-9(10)13(15,16)17)11(20)19-12(7-18)4-1-5-12/h2-3,6H,1,4-5H2,(H,19,20). The number of halogens is 4. The number of nitrogens with zero attached hydrogens (tertiary/aromatic N) is 1. The Kier molecular flexibility index (Phi) is 3.42. The first-order valence-electron chi connectivity index (χ1n) is 5.88. The number of benzene rings is 1. The van der Waals surface area contributed by atoms with Gasteiger partial charge in [0.1, 0.15) is 11.4 Å². The molecule has 1 aromatic rings. The minimum absolute atomic E-state index is 0.319. The van der Waals surface area contributed by atoms with E-state index in [4.69, 9.17) is 5.26 Å². The highest BCUT2D eigenvalue weighted by Gasteiger charge is 2.39.